The van der Waals surface area contributed by atoms with Crippen LogP contribution in [-0.2, 0) is 9.59 Å². The second kappa shape index (κ2) is 9.65. The predicted octanol–water partition coefficient (Wildman–Crippen LogP) is 0.401. The standard InChI is InChI=1S/C18H30N4O3/c1-3-4-13-22-17(24)15(16(23)20-18(22)25)14(2)19-9-8-12-21-10-6-5-7-11-21/h15H,3-13H2,1-2H3,(H,20,23,25)/p+1/t15-/m1/s1. The van der Waals surface area contributed by atoms with Crippen molar-refractivity contribution in [3.63, 3.8) is 0 Å². The van der Waals surface area contributed by atoms with E-state index in [0.717, 1.165) is 30.7 Å². The molecule has 4 amide bonds. The first-order valence-corrected chi connectivity index (χ1v) is 9.55. The lowest BCUT2D eigenvalue weighted by atomic mass is 9.99. The van der Waals surface area contributed by atoms with Crippen LogP contribution in [0.3, 0.4) is 0 Å². The normalized spacial score (nSPS) is 23.1. The number of carbonyl (C=O) groups is 3. The number of urea groups is 1. The number of amides is 4. The average Bonchev–Trinajstić information content (AvgIpc) is 2.59. The van der Waals surface area contributed by atoms with Gasteiger partial charge in [-0.3, -0.25) is 24.8 Å². The van der Waals surface area contributed by atoms with E-state index >= 15 is 0 Å². The third kappa shape index (κ3) is 5.36. The lowest BCUT2D eigenvalue weighted by molar-refractivity contribution is -0.904. The minimum atomic E-state index is -0.961. The zero-order chi connectivity index (χ0) is 18.2. The molecule has 0 spiro atoms. The molecule has 0 aliphatic carbocycles. The van der Waals surface area contributed by atoms with Gasteiger partial charge in [0.05, 0.1) is 19.6 Å². The zero-order valence-corrected chi connectivity index (χ0v) is 15.5. The smallest absolute Gasteiger partial charge is 0.330 e. The van der Waals surface area contributed by atoms with Crippen LogP contribution in [0.4, 0.5) is 4.79 Å². The van der Waals surface area contributed by atoms with Crippen LogP contribution in [0.1, 0.15) is 52.4 Å². The molecule has 0 aromatic carbocycles. The highest BCUT2D eigenvalue weighted by Gasteiger charge is 2.41. The van der Waals surface area contributed by atoms with Crippen LogP contribution in [0.25, 0.3) is 0 Å². The first kappa shape index (κ1) is 19.6. The fourth-order valence-electron chi connectivity index (χ4n) is 3.49. The molecule has 2 heterocycles. The molecule has 2 N–H and O–H groups in total. The Morgan fingerprint density at radius 3 is 2.60 bits per heavy atom. The Balaban J connectivity index is 1.88. The number of nitrogens with one attached hydrogen (secondary N) is 2. The number of carbonyl (C=O) groups excluding carboxylic acids is 3. The van der Waals surface area contributed by atoms with Crippen LogP contribution in [-0.4, -0.2) is 61.2 Å². The van der Waals surface area contributed by atoms with E-state index in [4.69, 9.17) is 0 Å². The van der Waals surface area contributed by atoms with Crippen molar-refractivity contribution < 1.29 is 19.3 Å². The van der Waals surface area contributed by atoms with E-state index in [1.807, 2.05) is 6.92 Å². The molecule has 140 valence electrons. The second-order valence-electron chi connectivity index (χ2n) is 7.01. The summed E-state index contributed by atoms with van der Waals surface area (Å²) in [6.45, 7) is 8.23. The summed E-state index contributed by atoms with van der Waals surface area (Å²) >= 11 is 0. The van der Waals surface area contributed by atoms with Gasteiger partial charge in [-0.25, -0.2) is 4.79 Å². The first-order valence-electron chi connectivity index (χ1n) is 9.55. The van der Waals surface area contributed by atoms with Crippen LogP contribution in [0, 0.1) is 5.92 Å². The molecule has 0 bridgehead atoms. The van der Waals surface area contributed by atoms with Gasteiger partial charge < -0.3 is 4.90 Å². The van der Waals surface area contributed by atoms with Crippen molar-refractivity contribution in [1.29, 1.82) is 0 Å². The average molecular weight is 351 g/mol. The third-order valence-electron chi connectivity index (χ3n) is 5.01. The van der Waals surface area contributed by atoms with Crippen molar-refractivity contribution in [2.24, 2.45) is 10.9 Å². The summed E-state index contributed by atoms with van der Waals surface area (Å²) in [6.07, 6.45) is 6.50. The maximum Gasteiger partial charge on any atom is 0.330 e. The van der Waals surface area contributed by atoms with Gasteiger partial charge in [-0.05, 0) is 32.6 Å². The van der Waals surface area contributed by atoms with E-state index < -0.39 is 23.8 Å². The molecule has 2 rings (SSSR count). The Bertz CT molecular complexity index is 526. The molecule has 7 nitrogen and oxygen atoms in total. The molecule has 2 aliphatic rings. The minimum absolute atomic E-state index is 0.344. The highest BCUT2D eigenvalue weighted by atomic mass is 16.2. The van der Waals surface area contributed by atoms with Crippen LogP contribution < -0.4 is 10.2 Å². The summed E-state index contributed by atoms with van der Waals surface area (Å²) in [5.41, 5.74) is 0.505. The molecule has 0 aromatic heterocycles. The number of quaternary nitrogens is 1. The summed E-state index contributed by atoms with van der Waals surface area (Å²) in [7, 11) is 0. The SMILES string of the molecule is CCCCN1C(=O)NC(=O)[C@@H](C(C)=NCCC[NH+]2CCCCC2)C1=O. The van der Waals surface area contributed by atoms with E-state index in [0.29, 0.717) is 18.8 Å². The number of rotatable bonds is 8. The Hall–Kier alpha value is -1.76. The van der Waals surface area contributed by atoms with Crippen molar-refractivity contribution in [1.82, 2.24) is 10.2 Å². The highest BCUT2D eigenvalue weighted by molar-refractivity contribution is 6.27. The number of barbiturate groups is 1. The van der Waals surface area contributed by atoms with E-state index in [1.165, 1.54) is 32.4 Å². The molecule has 7 heteroatoms. The Morgan fingerprint density at radius 2 is 1.92 bits per heavy atom. The predicted molar refractivity (Wildman–Crippen MR) is 95.7 cm³/mol. The van der Waals surface area contributed by atoms with Gasteiger partial charge in [-0.2, -0.15) is 0 Å². The van der Waals surface area contributed by atoms with Crippen molar-refractivity contribution in [2.45, 2.75) is 52.4 Å². The number of hydrogen-bond acceptors (Lipinski definition) is 4. The number of unbranched alkanes of at least 4 members (excludes halogenated alkanes) is 1. The number of piperidine rings is 1. The van der Waals surface area contributed by atoms with E-state index in [2.05, 4.69) is 10.3 Å². The van der Waals surface area contributed by atoms with Crippen molar-refractivity contribution in [2.75, 3.05) is 32.7 Å². The van der Waals surface area contributed by atoms with Gasteiger partial charge in [0, 0.05) is 25.2 Å². The summed E-state index contributed by atoms with van der Waals surface area (Å²) < 4.78 is 0. The molecular formula is C18H31N4O3+. The van der Waals surface area contributed by atoms with Crippen LogP contribution in [0.5, 0.6) is 0 Å². The van der Waals surface area contributed by atoms with Gasteiger partial charge >= 0.3 is 6.03 Å². The molecule has 0 unspecified atom stereocenters. The maximum absolute atomic E-state index is 12.5. The van der Waals surface area contributed by atoms with Crippen molar-refractivity contribution in [3.05, 3.63) is 0 Å². The summed E-state index contributed by atoms with van der Waals surface area (Å²) in [5, 5.41) is 2.28. The summed E-state index contributed by atoms with van der Waals surface area (Å²) in [5.74, 6) is -1.95. The molecular weight excluding hydrogens is 320 g/mol. The van der Waals surface area contributed by atoms with Gasteiger partial charge in [0.2, 0.25) is 11.8 Å². The van der Waals surface area contributed by atoms with E-state index in [1.54, 1.807) is 11.8 Å². The number of nitrogens with zero attached hydrogens (tertiary/aromatic N) is 2. The van der Waals surface area contributed by atoms with E-state index in [-0.39, 0.29) is 0 Å². The number of aliphatic imine (C=N–C) groups is 1. The molecule has 1 atom stereocenters. The number of hydrogen-bond donors (Lipinski definition) is 2. The quantitative estimate of drug-likeness (QED) is 0.377. The highest BCUT2D eigenvalue weighted by Crippen LogP contribution is 2.14. The Morgan fingerprint density at radius 1 is 1.20 bits per heavy atom. The molecule has 0 aromatic rings. The molecule has 0 saturated carbocycles. The second-order valence-corrected chi connectivity index (χ2v) is 7.01. The molecule has 0 radical (unpaired) electrons. The monoisotopic (exact) mass is 351 g/mol. The van der Waals surface area contributed by atoms with Gasteiger partial charge in [-0.15, -0.1) is 0 Å². The van der Waals surface area contributed by atoms with E-state index in [9.17, 15) is 14.4 Å². The van der Waals surface area contributed by atoms with Gasteiger partial charge in [0.1, 0.15) is 0 Å². The zero-order valence-electron chi connectivity index (χ0n) is 15.5. The molecule has 2 aliphatic heterocycles. The number of likely N-dealkylation sites (tertiary alicyclic amines) is 1. The van der Waals surface area contributed by atoms with Gasteiger partial charge in [-0.1, -0.05) is 13.3 Å². The fraction of sp³-hybridized carbons (Fsp3) is 0.778. The maximum atomic E-state index is 12.5. The summed E-state index contributed by atoms with van der Waals surface area (Å²) in [4.78, 5) is 43.7. The van der Waals surface area contributed by atoms with Crippen LogP contribution in [0.2, 0.25) is 0 Å². The topological polar surface area (TPSA) is 83.3 Å². The molecule has 2 fully saturated rings. The molecule has 2 saturated heterocycles. The largest absolute Gasteiger partial charge is 0.335 e. The third-order valence-corrected chi connectivity index (χ3v) is 5.01. The fourth-order valence-corrected chi connectivity index (χ4v) is 3.49. The number of imide groups is 2. The van der Waals surface area contributed by atoms with Crippen LogP contribution >= 0.6 is 0 Å². The van der Waals surface area contributed by atoms with Gasteiger partial charge in [0.25, 0.3) is 0 Å². The Kier molecular flexibility index (Phi) is 7.55. The lowest BCUT2D eigenvalue weighted by Gasteiger charge is -2.30. The van der Waals surface area contributed by atoms with Crippen LogP contribution in [0.15, 0.2) is 4.99 Å². The van der Waals surface area contributed by atoms with Crippen molar-refractivity contribution in [3.8, 4) is 0 Å². The van der Waals surface area contributed by atoms with Crippen molar-refractivity contribution >= 4 is 23.6 Å². The molecule has 25 heavy (non-hydrogen) atoms. The lowest BCUT2D eigenvalue weighted by Crippen LogP contribution is -3.12. The first-order chi connectivity index (χ1) is 12.0. The van der Waals surface area contributed by atoms with Gasteiger partial charge in [0.15, 0.2) is 5.92 Å². The summed E-state index contributed by atoms with van der Waals surface area (Å²) in [6, 6.07) is -0.610. The minimum Gasteiger partial charge on any atom is -0.335 e. The Labute approximate surface area is 149 Å².